The lowest BCUT2D eigenvalue weighted by molar-refractivity contribution is -0.116. The van der Waals surface area contributed by atoms with Gasteiger partial charge in [0.15, 0.2) is 5.82 Å². The Morgan fingerprint density at radius 3 is 2.67 bits per heavy atom. The highest BCUT2D eigenvalue weighted by Crippen LogP contribution is 2.34. The first-order valence-corrected chi connectivity index (χ1v) is 8.41. The zero-order valence-corrected chi connectivity index (χ0v) is 15.0. The molecule has 0 unspecified atom stereocenters. The van der Waals surface area contributed by atoms with Gasteiger partial charge in [-0.05, 0) is 18.2 Å². The molecule has 0 fully saturated rings. The first-order valence-electron chi connectivity index (χ1n) is 8.41. The van der Waals surface area contributed by atoms with E-state index < -0.39 is 0 Å². The number of aryl methyl sites for hydroxylation is 1. The van der Waals surface area contributed by atoms with Gasteiger partial charge in [-0.1, -0.05) is 30.3 Å². The van der Waals surface area contributed by atoms with Crippen LogP contribution in [0.15, 0.2) is 54.7 Å². The molecule has 8 heteroatoms. The molecule has 0 aliphatic heterocycles. The molecule has 0 aliphatic rings. The number of carbonyl (C=O) groups excluding carboxylic acids is 1. The Balaban J connectivity index is 1.71. The van der Waals surface area contributed by atoms with E-state index in [0.29, 0.717) is 5.82 Å². The summed E-state index contributed by atoms with van der Waals surface area (Å²) in [5.41, 5.74) is 2.52. The van der Waals surface area contributed by atoms with Crippen molar-refractivity contribution in [2.45, 2.75) is 6.54 Å². The number of amides is 1. The van der Waals surface area contributed by atoms with E-state index in [1.807, 2.05) is 48.5 Å². The fraction of sp³-hybridized carbons (Fsp3) is 0.158. The van der Waals surface area contributed by atoms with Crippen molar-refractivity contribution in [2.75, 3.05) is 12.4 Å². The van der Waals surface area contributed by atoms with Crippen LogP contribution >= 0.6 is 0 Å². The first-order chi connectivity index (χ1) is 13.2. The van der Waals surface area contributed by atoms with Crippen LogP contribution in [0.4, 0.5) is 5.82 Å². The van der Waals surface area contributed by atoms with Crippen LogP contribution in [0.1, 0.15) is 0 Å². The minimum atomic E-state index is -0.227. The third-order valence-corrected chi connectivity index (χ3v) is 4.18. The molecule has 0 radical (unpaired) electrons. The number of hydrogen-bond donors (Lipinski definition) is 1. The lowest BCUT2D eigenvalue weighted by atomic mass is 10.1. The molecule has 4 rings (SSSR count). The lowest BCUT2D eigenvalue weighted by Crippen LogP contribution is -2.19. The minimum Gasteiger partial charge on any atom is -0.496 e. The number of fused-ring (bicyclic) bond motifs is 1. The van der Waals surface area contributed by atoms with Gasteiger partial charge in [-0.2, -0.15) is 15.0 Å². The second-order valence-electron chi connectivity index (χ2n) is 5.99. The van der Waals surface area contributed by atoms with Crippen molar-refractivity contribution in [1.29, 1.82) is 0 Å². The van der Waals surface area contributed by atoms with Gasteiger partial charge in [-0.3, -0.25) is 9.48 Å². The predicted molar refractivity (Wildman–Crippen MR) is 101 cm³/mol. The number of nitrogens with one attached hydrogen (secondary N) is 1. The molecule has 1 N–H and O–H groups in total. The molecular weight excluding hydrogens is 344 g/mol. The summed E-state index contributed by atoms with van der Waals surface area (Å²) in [6.07, 6.45) is 1.50. The predicted octanol–water partition coefficient (Wildman–Crippen LogP) is 2.48. The van der Waals surface area contributed by atoms with E-state index in [4.69, 9.17) is 4.74 Å². The van der Waals surface area contributed by atoms with Crippen molar-refractivity contribution >= 4 is 22.6 Å². The summed E-state index contributed by atoms with van der Waals surface area (Å²) >= 11 is 0. The summed E-state index contributed by atoms with van der Waals surface area (Å²) in [5.74, 6) is 0.913. The number of carbonyl (C=O) groups is 1. The SMILES string of the molecule is COc1ccccc1-c1nn(CC(=O)Nc2cnn(C)n2)c2ccccc12. The number of methoxy groups -OCH3 is 1. The highest BCUT2D eigenvalue weighted by atomic mass is 16.5. The number of rotatable bonds is 5. The molecule has 2 aromatic carbocycles. The van der Waals surface area contributed by atoms with Crippen molar-refractivity contribution in [1.82, 2.24) is 24.8 Å². The summed E-state index contributed by atoms with van der Waals surface area (Å²) in [5, 5.41) is 16.4. The summed E-state index contributed by atoms with van der Waals surface area (Å²) in [6, 6.07) is 15.5. The van der Waals surface area contributed by atoms with Crippen molar-refractivity contribution in [2.24, 2.45) is 7.05 Å². The van der Waals surface area contributed by atoms with Crippen LogP contribution in [0.5, 0.6) is 5.75 Å². The molecule has 2 heterocycles. The maximum Gasteiger partial charge on any atom is 0.247 e. The van der Waals surface area contributed by atoms with Crippen LogP contribution in [0, 0.1) is 0 Å². The Morgan fingerprint density at radius 1 is 1.11 bits per heavy atom. The molecule has 0 saturated carbocycles. The van der Waals surface area contributed by atoms with E-state index in [1.165, 1.54) is 11.0 Å². The summed E-state index contributed by atoms with van der Waals surface area (Å²) in [4.78, 5) is 13.8. The number of para-hydroxylation sites is 2. The van der Waals surface area contributed by atoms with Crippen LogP contribution in [-0.2, 0) is 18.4 Å². The highest BCUT2D eigenvalue weighted by molar-refractivity contribution is 5.96. The molecule has 2 aromatic heterocycles. The topological polar surface area (TPSA) is 86.9 Å². The van der Waals surface area contributed by atoms with Gasteiger partial charge < -0.3 is 10.1 Å². The second-order valence-corrected chi connectivity index (χ2v) is 5.99. The average molecular weight is 362 g/mol. The van der Waals surface area contributed by atoms with Crippen molar-refractivity contribution in [3.05, 3.63) is 54.7 Å². The summed E-state index contributed by atoms with van der Waals surface area (Å²) < 4.78 is 7.16. The van der Waals surface area contributed by atoms with Crippen molar-refractivity contribution in [3.8, 4) is 17.0 Å². The van der Waals surface area contributed by atoms with Crippen molar-refractivity contribution in [3.63, 3.8) is 0 Å². The lowest BCUT2D eigenvalue weighted by Gasteiger charge is -2.06. The van der Waals surface area contributed by atoms with E-state index in [0.717, 1.165) is 27.9 Å². The van der Waals surface area contributed by atoms with Gasteiger partial charge in [0.25, 0.3) is 0 Å². The largest absolute Gasteiger partial charge is 0.496 e. The standard InChI is InChI=1S/C19H18N6O2/c1-24-20-11-17(22-24)21-18(26)12-25-15-9-5-3-7-13(15)19(23-25)14-8-4-6-10-16(14)27-2/h3-11H,12H2,1-2H3,(H,21,22,26). The van der Waals surface area contributed by atoms with E-state index >= 15 is 0 Å². The molecule has 0 bridgehead atoms. The minimum absolute atomic E-state index is 0.0617. The fourth-order valence-electron chi connectivity index (χ4n) is 3.01. The third kappa shape index (κ3) is 3.24. The number of ether oxygens (including phenoxy) is 1. The maximum absolute atomic E-state index is 12.4. The zero-order chi connectivity index (χ0) is 18.8. The van der Waals surface area contributed by atoms with E-state index in [9.17, 15) is 4.79 Å². The van der Waals surface area contributed by atoms with E-state index in [-0.39, 0.29) is 12.5 Å². The molecule has 27 heavy (non-hydrogen) atoms. The van der Waals surface area contributed by atoms with Crippen LogP contribution in [0.2, 0.25) is 0 Å². The van der Waals surface area contributed by atoms with Gasteiger partial charge >= 0.3 is 0 Å². The Kier molecular flexibility index (Phi) is 4.29. The van der Waals surface area contributed by atoms with Crippen LogP contribution in [0.3, 0.4) is 0 Å². The van der Waals surface area contributed by atoms with Gasteiger partial charge in [0.2, 0.25) is 5.91 Å². The van der Waals surface area contributed by atoms with Crippen LogP contribution < -0.4 is 10.1 Å². The van der Waals surface area contributed by atoms with E-state index in [2.05, 4.69) is 20.6 Å². The summed E-state index contributed by atoms with van der Waals surface area (Å²) in [6.45, 7) is 0.0617. The Hall–Kier alpha value is -3.68. The average Bonchev–Trinajstić information content (AvgIpc) is 3.25. The van der Waals surface area contributed by atoms with Crippen molar-refractivity contribution < 1.29 is 9.53 Å². The summed E-state index contributed by atoms with van der Waals surface area (Å²) in [7, 11) is 3.32. The number of nitrogens with zero attached hydrogens (tertiary/aromatic N) is 5. The quantitative estimate of drug-likeness (QED) is 0.589. The molecule has 0 saturated heterocycles. The molecule has 8 nitrogen and oxygen atoms in total. The monoisotopic (exact) mass is 362 g/mol. The van der Waals surface area contributed by atoms with Gasteiger partial charge in [-0.25, -0.2) is 0 Å². The van der Waals surface area contributed by atoms with Gasteiger partial charge in [0, 0.05) is 18.0 Å². The number of aromatic nitrogens is 5. The normalized spacial score (nSPS) is 10.9. The Morgan fingerprint density at radius 2 is 1.89 bits per heavy atom. The molecule has 0 aliphatic carbocycles. The van der Waals surface area contributed by atoms with Gasteiger partial charge in [0.1, 0.15) is 18.0 Å². The van der Waals surface area contributed by atoms with Gasteiger partial charge in [-0.15, -0.1) is 5.10 Å². The fourth-order valence-corrected chi connectivity index (χ4v) is 3.01. The maximum atomic E-state index is 12.4. The Labute approximate surface area is 155 Å². The third-order valence-electron chi connectivity index (χ3n) is 4.18. The molecule has 0 spiro atoms. The number of benzene rings is 2. The number of anilines is 1. The highest BCUT2D eigenvalue weighted by Gasteiger charge is 2.17. The van der Waals surface area contributed by atoms with Gasteiger partial charge in [0.05, 0.1) is 18.8 Å². The molecule has 1 amide bonds. The number of hydrogen-bond acceptors (Lipinski definition) is 5. The second kappa shape index (κ2) is 6.91. The smallest absolute Gasteiger partial charge is 0.247 e. The van der Waals surface area contributed by atoms with Crippen LogP contribution in [-0.4, -0.2) is 37.8 Å². The molecule has 4 aromatic rings. The van der Waals surface area contributed by atoms with Crippen LogP contribution in [0.25, 0.3) is 22.2 Å². The molecule has 0 atom stereocenters. The first kappa shape index (κ1) is 16.8. The molecular formula is C19H18N6O2. The Bertz CT molecular complexity index is 1110. The van der Waals surface area contributed by atoms with E-state index in [1.54, 1.807) is 18.8 Å². The zero-order valence-electron chi connectivity index (χ0n) is 15.0. The molecule has 136 valence electrons.